The van der Waals surface area contributed by atoms with Crippen LogP contribution in [0, 0.1) is 5.82 Å². The minimum Gasteiger partial charge on any atom is -0.284 e. The van der Waals surface area contributed by atoms with Crippen molar-refractivity contribution in [3.05, 3.63) is 65.5 Å². The van der Waals surface area contributed by atoms with Gasteiger partial charge in [-0.2, -0.15) is 5.10 Å². The van der Waals surface area contributed by atoms with Crippen molar-refractivity contribution in [2.75, 3.05) is 11.0 Å². The van der Waals surface area contributed by atoms with E-state index in [1.54, 1.807) is 43.3 Å². The molecule has 1 atom stereocenters. The number of benzene rings is 2. The lowest BCUT2D eigenvalue weighted by atomic mass is 9.98. The third-order valence-electron chi connectivity index (χ3n) is 4.22. The summed E-state index contributed by atoms with van der Waals surface area (Å²) < 4.78 is 38.7. The van der Waals surface area contributed by atoms with Crippen molar-refractivity contribution >= 4 is 27.3 Å². The van der Waals surface area contributed by atoms with Gasteiger partial charge in [0.25, 0.3) is 0 Å². The van der Waals surface area contributed by atoms with E-state index in [9.17, 15) is 17.6 Å². The second-order valence-electron chi connectivity index (χ2n) is 6.37. The van der Waals surface area contributed by atoms with E-state index in [2.05, 4.69) is 9.82 Å². The van der Waals surface area contributed by atoms with Crippen LogP contribution in [0.2, 0.25) is 0 Å². The number of sulfonamides is 1. The summed E-state index contributed by atoms with van der Waals surface area (Å²) in [7, 11) is -3.35. The van der Waals surface area contributed by atoms with Gasteiger partial charge in [0.2, 0.25) is 15.9 Å². The Balaban J connectivity index is 1.89. The van der Waals surface area contributed by atoms with Gasteiger partial charge in [-0.05, 0) is 35.4 Å². The maximum atomic E-state index is 13.6. The van der Waals surface area contributed by atoms with E-state index in [1.165, 1.54) is 17.1 Å². The zero-order valence-electron chi connectivity index (χ0n) is 15.0. The van der Waals surface area contributed by atoms with Crippen LogP contribution < -0.4 is 4.72 Å². The molecule has 0 saturated heterocycles. The van der Waals surface area contributed by atoms with Crippen molar-refractivity contribution in [3.8, 4) is 0 Å². The van der Waals surface area contributed by atoms with Gasteiger partial charge in [0.15, 0.2) is 0 Å². The highest BCUT2D eigenvalue weighted by Crippen LogP contribution is 2.33. The summed E-state index contributed by atoms with van der Waals surface area (Å²) in [5.74, 6) is -0.504. The zero-order valence-corrected chi connectivity index (χ0v) is 15.8. The van der Waals surface area contributed by atoms with Crippen LogP contribution in [0.1, 0.15) is 36.9 Å². The summed E-state index contributed by atoms with van der Waals surface area (Å²) in [4.78, 5) is 12.3. The van der Waals surface area contributed by atoms with Gasteiger partial charge in [-0.15, -0.1) is 0 Å². The van der Waals surface area contributed by atoms with Crippen LogP contribution in [0.3, 0.4) is 0 Å². The largest absolute Gasteiger partial charge is 0.284 e. The summed E-state index contributed by atoms with van der Waals surface area (Å²) in [6, 6.07) is 12.6. The van der Waals surface area contributed by atoms with Crippen molar-refractivity contribution in [1.82, 2.24) is 5.01 Å². The Morgan fingerprint density at radius 1 is 1.26 bits per heavy atom. The second kappa shape index (κ2) is 7.48. The van der Waals surface area contributed by atoms with Crippen LogP contribution in [-0.2, 0) is 14.8 Å². The van der Waals surface area contributed by atoms with Gasteiger partial charge in [-0.1, -0.05) is 31.2 Å². The first-order chi connectivity index (χ1) is 12.8. The molecule has 0 radical (unpaired) electrons. The number of hydrazone groups is 1. The van der Waals surface area contributed by atoms with Crippen LogP contribution in [0.4, 0.5) is 10.1 Å². The van der Waals surface area contributed by atoms with E-state index >= 15 is 0 Å². The van der Waals surface area contributed by atoms with E-state index in [0.717, 1.165) is 11.8 Å². The van der Waals surface area contributed by atoms with Gasteiger partial charge in [0.05, 0.1) is 18.0 Å². The number of carbonyl (C=O) groups excluding carboxylic acids is 1. The Kier molecular flexibility index (Phi) is 5.27. The topological polar surface area (TPSA) is 78.8 Å². The molecule has 27 heavy (non-hydrogen) atoms. The highest BCUT2D eigenvalue weighted by molar-refractivity contribution is 7.92. The number of hydrogen-bond acceptors (Lipinski definition) is 4. The average molecular weight is 389 g/mol. The summed E-state index contributed by atoms with van der Waals surface area (Å²) in [6.45, 7) is 1.75. The molecule has 0 aromatic heterocycles. The molecule has 2 aromatic rings. The molecule has 0 aliphatic carbocycles. The Bertz CT molecular complexity index is 988. The monoisotopic (exact) mass is 389 g/mol. The molecule has 1 heterocycles. The number of amides is 1. The Morgan fingerprint density at radius 2 is 1.96 bits per heavy atom. The Labute approximate surface area is 157 Å². The fraction of sp³-hybridized carbons (Fsp3) is 0.263. The highest BCUT2D eigenvalue weighted by atomic mass is 32.2. The fourth-order valence-corrected chi connectivity index (χ4v) is 3.56. The minimum absolute atomic E-state index is 0.144. The molecule has 0 fully saturated rings. The molecule has 6 nitrogen and oxygen atoms in total. The Hall–Kier alpha value is -2.74. The summed E-state index contributed by atoms with van der Waals surface area (Å²) in [5, 5.41) is 5.87. The molecular formula is C19H20FN3O3S. The van der Waals surface area contributed by atoms with Crippen LogP contribution in [0.15, 0.2) is 53.6 Å². The van der Waals surface area contributed by atoms with Crippen LogP contribution >= 0.6 is 0 Å². The van der Waals surface area contributed by atoms with Crippen molar-refractivity contribution in [3.63, 3.8) is 0 Å². The molecule has 0 bridgehead atoms. The van der Waals surface area contributed by atoms with Gasteiger partial charge in [-0.25, -0.2) is 17.8 Å². The maximum absolute atomic E-state index is 13.6. The molecular weight excluding hydrogens is 369 g/mol. The predicted molar refractivity (Wildman–Crippen MR) is 102 cm³/mol. The second-order valence-corrected chi connectivity index (χ2v) is 8.11. The number of hydrogen-bond donors (Lipinski definition) is 1. The lowest BCUT2D eigenvalue weighted by Gasteiger charge is -2.21. The molecule has 142 valence electrons. The third-order valence-corrected chi connectivity index (χ3v) is 4.83. The van der Waals surface area contributed by atoms with Gasteiger partial charge in [0.1, 0.15) is 5.82 Å². The quantitative estimate of drug-likeness (QED) is 0.852. The lowest BCUT2D eigenvalue weighted by molar-refractivity contribution is -0.132. The Morgan fingerprint density at radius 3 is 2.56 bits per heavy atom. The zero-order chi connectivity index (χ0) is 19.6. The van der Waals surface area contributed by atoms with Gasteiger partial charge < -0.3 is 0 Å². The van der Waals surface area contributed by atoms with Crippen LogP contribution in [0.25, 0.3) is 0 Å². The van der Waals surface area contributed by atoms with E-state index in [4.69, 9.17) is 0 Å². The summed E-state index contributed by atoms with van der Waals surface area (Å²) >= 11 is 0. The normalized spacial score (nSPS) is 16.9. The van der Waals surface area contributed by atoms with Crippen molar-refractivity contribution in [1.29, 1.82) is 0 Å². The molecule has 0 saturated carbocycles. The number of anilines is 1. The van der Waals surface area contributed by atoms with Gasteiger partial charge >= 0.3 is 0 Å². The molecule has 1 N–H and O–H groups in total. The first-order valence-electron chi connectivity index (χ1n) is 8.50. The van der Waals surface area contributed by atoms with E-state index in [1.807, 2.05) is 0 Å². The van der Waals surface area contributed by atoms with Crippen LogP contribution in [0.5, 0.6) is 0 Å². The molecule has 8 heteroatoms. The molecule has 1 aliphatic heterocycles. The molecule has 0 unspecified atom stereocenters. The molecule has 0 spiro atoms. The predicted octanol–water partition coefficient (Wildman–Crippen LogP) is 3.28. The lowest BCUT2D eigenvalue weighted by Crippen LogP contribution is -2.26. The maximum Gasteiger partial charge on any atom is 0.242 e. The fourth-order valence-electron chi connectivity index (χ4n) is 2.99. The van der Waals surface area contributed by atoms with Crippen LogP contribution in [-0.4, -0.2) is 31.3 Å². The van der Waals surface area contributed by atoms with E-state index in [-0.39, 0.29) is 17.8 Å². The number of carbonyl (C=O) groups is 1. The van der Waals surface area contributed by atoms with Gasteiger partial charge in [-0.3, -0.25) is 9.52 Å². The van der Waals surface area contributed by atoms with Crippen molar-refractivity contribution < 1.29 is 17.6 Å². The van der Waals surface area contributed by atoms with Crippen molar-refractivity contribution in [2.24, 2.45) is 5.10 Å². The molecule has 1 amide bonds. The van der Waals surface area contributed by atoms with Gasteiger partial charge in [0, 0.05) is 18.5 Å². The number of rotatable bonds is 5. The first kappa shape index (κ1) is 19.0. The number of nitrogens with zero attached hydrogens (tertiary/aromatic N) is 2. The van der Waals surface area contributed by atoms with Crippen molar-refractivity contribution in [2.45, 2.75) is 25.8 Å². The molecule has 2 aromatic carbocycles. The SMILES string of the molecule is CCC(=O)N1N=C(c2ccc(NS(C)(=O)=O)cc2)C[C@@H]1c1cccc(F)c1. The molecule has 3 rings (SSSR count). The first-order valence-corrected chi connectivity index (χ1v) is 10.4. The summed E-state index contributed by atoms with van der Waals surface area (Å²) in [5.41, 5.74) is 2.60. The van der Waals surface area contributed by atoms with E-state index < -0.39 is 10.0 Å². The number of halogens is 1. The number of nitrogens with one attached hydrogen (secondary N) is 1. The highest BCUT2D eigenvalue weighted by Gasteiger charge is 2.32. The molecule has 1 aliphatic rings. The average Bonchev–Trinajstić information content (AvgIpc) is 3.06. The smallest absolute Gasteiger partial charge is 0.242 e. The summed E-state index contributed by atoms with van der Waals surface area (Å²) in [6.07, 6.45) is 1.83. The van der Waals surface area contributed by atoms with E-state index in [0.29, 0.717) is 29.8 Å². The standard InChI is InChI=1S/C19H20FN3O3S/c1-3-19(24)23-18(14-5-4-6-15(20)11-14)12-17(21-23)13-7-9-16(10-8-13)22-27(2,25)26/h4-11,18,22H,3,12H2,1-2H3/t18-/m1/s1. The third kappa shape index (κ3) is 4.51. The minimum atomic E-state index is -3.35.